The number of carbonyl (C=O) groups is 2. The van der Waals surface area contributed by atoms with Crippen LogP contribution in [-0.2, 0) is 0 Å². The highest BCUT2D eigenvalue weighted by atomic mass is 127. The van der Waals surface area contributed by atoms with Gasteiger partial charge in [-0.1, -0.05) is 34.2 Å². The van der Waals surface area contributed by atoms with Gasteiger partial charge in [0.25, 0.3) is 11.8 Å². The molecule has 2 heterocycles. The molecule has 7 nitrogen and oxygen atoms in total. The normalized spacial score (nSPS) is 11.8. The Balaban J connectivity index is 2.02. The number of amides is 2. The van der Waals surface area contributed by atoms with Gasteiger partial charge in [-0.25, -0.2) is 9.67 Å². The van der Waals surface area contributed by atoms with Crippen molar-refractivity contribution in [2.24, 2.45) is 0 Å². The van der Waals surface area contributed by atoms with Gasteiger partial charge < -0.3 is 10.6 Å². The highest BCUT2D eigenvalue weighted by Crippen LogP contribution is 2.27. The summed E-state index contributed by atoms with van der Waals surface area (Å²) < 4.78 is 2.63. The van der Waals surface area contributed by atoms with Crippen LogP contribution < -0.4 is 10.6 Å². The number of benzene rings is 1. The Morgan fingerprint density at radius 3 is 2.67 bits per heavy atom. The van der Waals surface area contributed by atoms with Crippen LogP contribution in [0.15, 0.2) is 41.1 Å². The maximum absolute atomic E-state index is 13.2. The summed E-state index contributed by atoms with van der Waals surface area (Å²) in [7, 11) is 0. The number of hydrogen-bond donors (Lipinski definition) is 2. The Morgan fingerprint density at radius 2 is 2.00 bits per heavy atom. The van der Waals surface area contributed by atoms with Gasteiger partial charge >= 0.3 is 0 Å². The lowest BCUT2D eigenvalue weighted by Crippen LogP contribution is -2.30. The first kappa shape index (κ1) is 23.4. The van der Waals surface area contributed by atoms with Crippen molar-refractivity contribution in [3.05, 3.63) is 66.5 Å². The van der Waals surface area contributed by atoms with Gasteiger partial charge in [0.05, 0.1) is 20.3 Å². The van der Waals surface area contributed by atoms with E-state index in [2.05, 4.69) is 81.8 Å². The molecule has 0 aliphatic heterocycles. The van der Waals surface area contributed by atoms with Gasteiger partial charge in [0.2, 0.25) is 0 Å². The van der Waals surface area contributed by atoms with E-state index in [0.29, 0.717) is 26.7 Å². The molecule has 0 aliphatic carbocycles. The Labute approximate surface area is 213 Å². The van der Waals surface area contributed by atoms with Crippen LogP contribution in [0.5, 0.6) is 0 Å². The topological polar surface area (TPSA) is 88.9 Å². The number of rotatable bonds is 5. The van der Waals surface area contributed by atoms with Crippen molar-refractivity contribution in [1.82, 2.24) is 20.1 Å². The lowest BCUT2D eigenvalue weighted by Gasteiger charge is -2.16. The fraction of sp³-hybridized carbons (Fsp3) is 0.158. The quantitative estimate of drug-likeness (QED) is 0.212. The van der Waals surface area contributed by atoms with E-state index < -0.39 is 5.91 Å². The molecule has 0 fully saturated rings. The fourth-order valence-electron chi connectivity index (χ4n) is 2.73. The third kappa shape index (κ3) is 5.32. The van der Waals surface area contributed by atoms with Crippen LogP contribution in [0.25, 0.3) is 5.82 Å². The number of aromatic nitrogens is 3. The molecule has 1 atom stereocenters. The van der Waals surface area contributed by atoms with Crippen LogP contribution in [0.2, 0.25) is 5.02 Å². The lowest BCUT2D eigenvalue weighted by atomic mass is 10.1. The van der Waals surface area contributed by atoms with E-state index in [1.165, 1.54) is 4.68 Å². The number of hydrogen-bond acceptors (Lipinski definition) is 4. The summed E-state index contributed by atoms with van der Waals surface area (Å²) in [4.78, 5) is 30.1. The first-order chi connectivity index (χ1) is 14.2. The molecule has 3 rings (SSSR count). The van der Waals surface area contributed by atoms with Crippen LogP contribution in [0.4, 0.5) is 5.69 Å². The molecule has 0 saturated heterocycles. The monoisotopic (exact) mass is 713 g/mol. The van der Waals surface area contributed by atoms with Gasteiger partial charge in [-0.05, 0) is 82.2 Å². The van der Waals surface area contributed by atoms with Crippen LogP contribution in [0.1, 0.15) is 33.3 Å². The zero-order valence-corrected chi connectivity index (χ0v) is 22.4. The maximum Gasteiger partial charge on any atom is 0.274 e. The molecule has 2 N–H and O–H groups in total. The number of halogens is 4. The minimum Gasteiger partial charge on any atom is -0.341 e. The molecular formula is C19H15BrClI2N5O2. The van der Waals surface area contributed by atoms with E-state index in [-0.39, 0.29) is 15.6 Å². The van der Waals surface area contributed by atoms with Crippen molar-refractivity contribution in [1.29, 1.82) is 0 Å². The van der Waals surface area contributed by atoms with E-state index in [0.717, 1.165) is 9.13 Å². The van der Waals surface area contributed by atoms with E-state index in [1.807, 2.05) is 19.9 Å². The maximum atomic E-state index is 13.2. The molecule has 1 unspecified atom stereocenters. The molecule has 2 amide bonds. The van der Waals surface area contributed by atoms with Crippen molar-refractivity contribution in [2.75, 3.05) is 5.32 Å². The molecule has 0 aliphatic rings. The van der Waals surface area contributed by atoms with Gasteiger partial charge in [0.1, 0.15) is 10.3 Å². The molecule has 0 spiro atoms. The number of nitrogens with zero attached hydrogens (tertiary/aromatic N) is 3. The molecule has 11 heteroatoms. The van der Waals surface area contributed by atoms with Crippen LogP contribution in [0, 0.1) is 10.5 Å². The molecular weight excluding hydrogens is 699 g/mol. The van der Waals surface area contributed by atoms with E-state index in [1.54, 1.807) is 30.5 Å². The van der Waals surface area contributed by atoms with Gasteiger partial charge in [-0.15, -0.1) is 0 Å². The lowest BCUT2D eigenvalue weighted by molar-refractivity contribution is 0.0954. The molecule has 0 radical (unpaired) electrons. The van der Waals surface area contributed by atoms with Gasteiger partial charge in [0.15, 0.2) is 5.82 Å². The molecule has 156 valence electrons. The van der Waals surface area contributed by atoms with E-state index >= 15 is 0 Å². The predicted molar refractivity (Wildman–Crippen MR) is 137 cm³/mol. The minimum absolute atomic E-state index is 0.0690. The average molecular weight is 715 g/mol. The predicted octanol–water partition coefficient (Wildman–Crippen LogP) is 5.36. The third-order valence-electron chi connectivity index (χ3n) is 3.97. The summed E-state index contributed by atoms with van der Waals surface area (Å²) in [5.74, 6) is -0.391. The minimum atomic E-state index is -0.448. The van der Waals surface area contributed by atoms with Crippen LogP contribution in [-0.4, -0.2) is 30.6 Å². The van der Waals surface area contributed by atoms with Gasteiger partial charge in [-0.3, -0.25) is 9.59 Å². The SMILES string of the molecule is Cc1cc(I)cc(C(=O)NC(C)I)c1NC(=O)c1cc(Br)nn1-c1ncccc1Cl. The average Bonchev–Trinajstić information content (AvgIpc) is 3.05. The third-order valence-corrected chi connectivity index (χ3v) is 5.58. The first-order valence-corrected chi connectivity index (χ1v) is 12.1. The van der Waals surface area contributed by atoms with E-state index in [9.17, 15) is 9.59 Å². The van der Waals surface area contributed by atoms with Crippen LogP contribution >= 0.6 is 72.7 Å². The molecule has 0 bridgehead atoms. The summed E-state index contributed by atoms with van der Waals surface area (Å²) in [5, 5.41) is 10.4. The summed E-state index contributed by atoms with van der Waals surface area (Å²) in [6, 6.07) is 8.55. The van der Waals surface area contributed by atoms with Crippen LogP contribution in [0.3, 0.4) is 0 Å². The van der Waals surface area contributed by atoms with Crippen molar-refractivity contribution in [3.63, 3.8) is 0 Å². The van der Waals surface area contributed by atoms with Crippen molar-refractivity contribution in [2.45, 2.75) is 17.9 Å². The number of nitrogens with one attached hydrogen (secondary N) is 2. The van der Waals surface area contributed by atoms with E-state index in [4.69, 9.17) is 11.6 Å². The highest BCUT2D eigenvalue weighted by molar-refractivity contribution is 14.1. The summed E-state index contributed by atoms with van der Waals surface area (Å²) in [6.45, 7) is 3.70. The highest BCUT2D eigenvalue weighted by Gasteiger charge is 2.22. The number of alkyl halides is 1. The smallest absolute Gasteiger partial charge is 0.274 e. The summed E-state index contributed by atoms with van der Waals surface area (Å²) in [6.07, 6.45) is 1.56. The van der Waals surface area contributed by atoms with Crippen molar-refractivity contribution < 1.29 is 9.59 Å². The molecule has 0 saturated carbocycles. The number of carbonyl (C=O) groups excluding carboxylic acids is 2. The Kier molecular flexibility index (Phi) is 7.74. The largest absolute Gasteiger partial charge is 0.341 e. The second kappa shape index (κ2) is 9.92. The number of pyridine rings is 1. The Morgan fingerprint density at radius 1 is 1.27 bits per heavy atom. The van der Waals surface area contributed by atoms with Gasteiger partial charge in [-0.2, -0.15) is 5.10 Å². The zero-order chi connectivity index (χ0) is 22.0. The zero-order valence-electron chi connectivity index (χ0n) is 15.7. The Hall–Kier alpha value is -1.25. The van der Waals surface area contributed by atoms with Crippen molar-refractivity contribution in [3.8, 4) is 5.82 Å². The Bertz CT molecular complexity index is 1140. The standard InChI is InChI=1S/C19H15BrClI2N5O2/c1-9-6-11(23)7-12(18(29)25-10(2)22)16(9)26-19(30)14-8-15(20)27-28(14)17-13(21)4-3-5-24-17/h3-8,10H,1-2H3,(H,25,29)(H,26,30). The second-order valence-electron chi connectivity index (χ2n) is 6.26. The van der Waals surface area contributed by atoms with Gasteiger partial charge in [0, 0.05) is 15.8 Å². The molecule has 2 aromatic heterocycles. The summed E-state index contributed by atoms with van der Waals surface area (Å²) >= 11 is 13.8. The number of aryl methyl sites for hydroxylation is 1. The fourth-order valence-corrected chi connectivity index (χ4v) is 4.37. The first-order valence-electron chi connectivity index (χ1n) is 8.60. The van der Waals surface area contributed by atoms with Crippen molar-refractivity contribution >= 4 is 90.2 Å². The molecule has 3 aromatic rings. The number of anilines is 1. The summed E-state index contributed by atoms with van der Waals surface area (Å²) in [5.41, 5.74) is 1.81. The molecule has 1 aromatic carbocycles. The molecule has 30 heavy (non-hydrogen) atoms. The second-order valence-corrected chi connectivity index (χ2v) is 10.6.